The van der Waals surface area contributed by atoms with E-state index < -0.39 is 4.92 Å². The Morgan fingerprint density at radius 2 is 2.23 bits per heavy atom. The van der Waals surface area contributed by atoms with Crippen LogP contribution in [0.2, 0.25) is 5.02 Å². The number of hydrogen-bond donors (Lipinski definition) is 2. The highest BCUT2D eigenvalue weighted by atomic mass is 35.5. The molecular weight excluding hydrogens is 310 g/mol. The van der Waals surface area contributed by atoms with Gasteiger partial charge in [-0.1, -0.05) is 11.6 Å². The Morgan fingerprint density at radius 1 is 1.45 bits per heavy atom. The van der Waals surface area contributed by atoms with Crippen molar-refractivity contribution in [1.29, 1.82) is 0 Å². The number of furan rings is 1. The van der Waals surface area contributed by atoms with E-state index in [-0.39, 0.29) is 29.2 Å². The predicted octanol–water partition coefficient (Wildman–Crippen LogP) is 3.13. The number of hydrogen-bond acceptors (Lipinski definition) is 5. The van der Waals surface area contributed by atoms with Crippen LogP contribution in [0, 0.1) is 10.1 Å². The first kappa shape index (κ1) is 16.0. The fourth-order valence-electron chi connectivity index (χ4n) is 1.80. The first-order chi connectivity index (χ1) is 10.5. The summed E-state index contributed by atoms with van der Waals surface area (Å²) in [4.78, 5) is 21.9. The molecule has 0 fully saturated rings. The molecule has 1 heterocycles. The van der Waals surface area contributed by atoms with Crippen molar-refractivity contribution < 1.29 is 14.1 Å². The highest BCUT2D eigenvalue weighted by Crippen LogP contribution is 2.26. The maximum absolute atomic E-state index is 11.9. The number of nitro groups is 1. The highest BCUT2D eigenvalue weighted by molar-refractivity contribution is 6.34. The van der Waals surface area contributed by atoms with Crippen molar-refractivity contribution in [2.45, 2.75) is 13.0 Å². The van der Waals surface area contributed by atoms with E-state index in [1.807, 2.05) is 13.0 Å². The third kappa shape index (κ3) is 4.06. The summed E-state index contributed by atoms with van der Waals surface area (Å²) in [6.45, 7) is 1.92. The molecule has 0 aliphatic rings. The van der Waals surface area contributed by atoms with Gasteiger partial charge in [0.25, 0.3) is 5.69 Å². The minimum atomic E-state index is -0.552. The second kappa shape index (κ2) is 7.06. The molecule has 2 N–H and O–H groups in total. The standard InChI is InChI=1S/C14H14ClN3O4/c1-9(13-3-2-6-22-13)16-8-14(19)17-12-5-4-10(18(20)21)7-11(12)15/h2-7,9,16H,8H2,1H3,(H,17,19)/t9-/m1/s1. The van der Waals surface area contributed by atoms with Crippen molar-refractivity contribution in [3.8, 4) is 0 Å². The van der Waals surface area contributed by atoms with Gasteiger partial charge in [0, 0.05) is 12.1 Å². The van der Waals surface area contributed by atoms with Crippen LogP contribution in [0.1, 0.15) is 18.7 Å². The van der Waals surface area contributed by atoms with Gasteiger partial charge in [-0.05, 0) is 25.1 Å². The number of nitrogens with zero attached hydrogens (tertiary/aromatic N) is 1. The number of benzene rings is 1. The van der Waals surface area contributed by atoms with Crippen LogP contribution in [0.25, 0.3) is 0 Å². The van der Waals surface area contributed by atoms with Gasteiger partial charge >= 0.3 is 0 Å². The predicted molar refractivity (Wildman–Crippen MR) is 81.9 cm³/mol. The Hall–Kier alpha value is -2.38. The molecular formula is C14H14ClN3O4. The third-order valence-corrected chi connectivity index (χ3v) is 3.29. The maximum Gasteiger partial charge on any atom is 0.271 e. The number of amides is 1. The highest BCUT2D eigenvalue weighted by Gasteiger charge is 2.13. The monoisotopic (exact) mass is 323 g/mol. The maximum atomic E-state index is 11.9. The van der Waals surface area contributed by atoms with E-state index >= 15 is 0 Å². The molecule has 0 spiro atoms. The van der Waals surface area contributed by atoms with Crippen molar-refractivity contribution in [2.24, 2.45) is 0 Å². The normalized spacial score (nSPS) is 11.9. The molecule has 116 valence electrons. The summed E-state index contributed by atoms with van der Waals surface area (Å²) in [6.07, 6.45) is 1.56. The molecule has 1 aromatic heterocycles. The molecule has 0 unspecified atom stereocenters. The van der Waals surface area contributed by atoms with Crippen LogP contribution in [0.5, 0.6) is 0 Å². The molecule has 2 rings (SSSR count). The van der Waals surface area contributed by atoms with Crippen LogP contribution < -0.4 is 10.6 Å². The lowest BCUT2D eigenvalue weighted by atomic mass is 10.2. The van der Waals surface area contributed by atoms with E-state index in [4.69, 9.17) is 16.0 Å². The largest absolute Gasteiger partial charge is 0.468 e. The van der Waals surface area contributed by atoms with E-state index in [0.717, 1.165) is 5.76 Å². The van der Waals surface area contributed by atoms with Gasteiger partial charge in [0.15, 0.2) is 0 Å². The quantitative estimate of drug-likeness (QED) is 0.628. The smallest absolute Gasteiger partial charge is 0.271 e. The molecule has 0 saturated heterocycles. The molecule has 0 saturated carbocycles. The lowest BCUT2D eigenvalue weighted by Gasteiger charge is -2.12. The number of nitrogens with one attached hydrogen (secondary N) is 2. The summed E-state index contributed by atoms with van der Waals surface area (Å²) in [5, 5.41) is 16.3. The van der Waals surface area contributed by atoms with Gasteiger partial charge in [-0.15, -0.1) is 0 Å². The zero-order valence-electron chi connectivity index (χ0n) is 11.7. The molecule has 0 radical (unpaired) electrons. The number of nitro benzene ring substituents is 1. The van der Waals surface area contributed by atoms with Gasteiger partial charge in [-0.3, -0.25) is 20.2 Å². The molecule has 2 aromatic rings. The molecule has 1 aromatic carbocycles. The minimum Gasteiger partial charge on any atom is -0.468 e. The van der Waals surface area contributed by atoms with Crippen LogP contribution in [-0.2, 0) is 4.79 Å². The molecule has 22 heavy (non-hydrogen) atoms. The Kier molecular flexibility index (Phi) is 5.13. The lowest BCUT2D eigenvalue weighted by molar-refractivity contribution is -0.384. The van der Waals surface area contributed by atoms with Gasteiger partial charge < -0.3 is 9.73 Å². The number of carbonyl (C=O) groups excluding carboxylic acids is 1. The number of non-ortho nitro benzene ring substituents is 1. The average Bonchev–Trinajstić information content (AvgIpc) is 3.01. The summed E-state index contributed by atoms with van der Waals surface area (Å²) in [5.41, 5.74) is 0.192. The van der Waals surface area contributed by atoms with E-state index in [0.29, 0.717) is 5.69 Å². The summed E-state index contributed by atoms with van der Waals surface area (Å²) in [5.74, 6) is 0.412. The zero-order valence-corrected chi connectivity index (χ0v) is 12.5. The summed E-state index contributed by atoms with van der Waals surface area (Å²) >= 11 is 5.91. The van der Waals surface area contributed by atoms with Crippen LogP contribution in [0.3, 0.4) is 0 Å². The number of halogens is 1. The number of rotatable bonds is 6. The van der Waals surface area contributed by atoms with Crippen molar-refractivity contribution in [3.05, 3.63) is 57.5 Å². The van der Waals surface area contributed by atoms with Gasteiger partial charge in [0.05, 0.1) is 34.5 Å². The molecule has 8 heteroatoms. The minimum absolute atomic E-state index is 0.0508. The Labute approximate surface area is 131 Å². The lowest BCUT2D eigenvalue weighted by Crippen LogP contribution is -2.30. The molecule has 0 bridgehead atoms. The first-order valence-corrected chi connectivity index (χ1v) is 6.85. The van der Waals surface area contributed by atoms with Gasteiger partial charge in [-0.25, -0.2) is 0 Å². The third-order valence-electron chi connectivity index (χ3n) is 2.98. The average molecular weight is 324 g/mol. The zero-order chi connectivity index (χ0) is 16.1. The Morgan fingerprint density at radius 3 is 2.82 bits per heavy atom. The van der Waals surface area contributed by atoms with Crippen LogP contribution in [-0.4, -0.2) is 17.4 Å². The summed E-state index contributed by atoms with van der Waals surface area (Å²) < 4.78 is 5.22. The van der Waals surface area contributed by atoms with Crippen molar-refractivity contribution >= 4 is 28.9 Å². The topological polar surface area (TPSA) is 97.4 Å². The molecule has 0 aliphatic heterocycles. The number of carbonyl (C=O) groups is 1. The number of anilines is 1. The molecule has 0 aliphatic carbocycles. The molecule has 7 nitrogen and oxygen atoms in total. The van der Waals surface area contributed by atoms with E-state index in [1.54, 1.807) is 12.3 Å². The van der Waals surface area contributed by atoms with Crippen LogP contribution >= 0.6 is 11.6 Å². The second-order valence-corrected chi connectivity index (χ2v) is 4.99. The van der Waals surface area contributed by atoms with Gasteiger partial charge in [0.1, 0.15) is 5.76 Å². The first-order valence-electron chi connectivity index (χ1n) is 6.48. The SMILES string of the molecule is C[C@@H](NCC(=O)Nc1ccc([N+](=O)[O-])cc1Cl)c1ccco1. The summed E-state index contributed by atoms with van der Waals surface area (Å²) in [7, 11) is 0. The fraction of sp³-hybridized carbons (Fsp3) is 0.214. The van der Waals surface area contributed by atoms with E-state index in [1.165, 1.54) is 18.2 Å². The summed E-state index contributed by atoms with van der Waals surface area (Å²) in [6, 6.07) is 7.32. The van der Waals surface area contributed by atoms with E-state index in [9.17, 15) is 14.9 Å². The van der Waals surface area contributed by atoms with Crippen molar-refractivity contribution in [3.63, 3.8) is 0 Å². The molecule has 1 atom stereocenters. The van der Waals surface area contributed by atoms with Crippen LogP contribution in [0.15, 0.2) is 41.0 Å². The van der Waals surface area contributed by atoms with Crippen molar-refractivity contribution in [1.82, 2.24) is 5.32 Å². The van der Waals surface area contributed by atoms with Gasteiger partial charge in [-0.2, -0.15) is 0 Å². The van der Waals surface area contributed by atoms with Gasteiger partial charge in [0.2, 0.25) is 5.91 Å². The van der Waals surface area contributed by atoms with Crippen molar-refractivity contribution in [2.75, 3.05) is 11.9 Å². The fourth-order valence-corrected chi connectivity index (χ4v) is 2.02. The Bertz CT molecular complexity index is 673. The molecule has 1 amide bonds. The second-order valence-electron chi connectivity index (χ2n) is 4.59. The Balaban J connectivity index is 1.91. The van der Waals surface area contributed by atoms with Crippen LogP contribution in [0.4, 0.5) is 11.4 Å². The van der Waals surface area contributed by atoms with E-state index in [2.05, 4.69) is 10.6 Å².